The number of nitrogens with one attached hydrogen (secondary N) is 1. The average Bonchev–Trinajstić information content (AvgIpc) is 3.68. The zero-order valence-electron chi connectivity index (χ0n) is 19.8. The largest absolute Gasteiger partial charge is 0.423 e. The topological polar surface area (TPSA) is 141 Å². The Hall–Kier alpha value is -5.18. The molecule has 0 bridgehead atoms. The number of piperazine rings is 1. The van der Waals surface area contributed by atoms with E-state index in [0.717, 1.165) is 5.56 Å². The van der Waals surface area contributed by atoms with Gasteiger partial charge in [-0.25, -0.2) is 14.2 Å². The first-order valence-corrected chi connectivity index (χ1v) is 11.6. The SMILES string of the molecule is Cc1c(C(=O)N2CCN(c3ncc(-c4cccc(C#N)c4)o3)CC2)cnn1-c1nn2cccc2c(=O)[nH]1. The molecule has 12 heteroatoms. The molecule has 12 nitrogen and oxygen atoms in total. The van der Waals surface area contributed by atoms with Gasteiger partial charge in [0.05, 0.1) is 35.3 Å². The van der Waals surface area contributed by atoms with Gasteiger partial charge in [0, 0.05) is 37.9 Å². The number of nitrogens with zero attached hydrogens (tertiary/aromatic N) is 8. The number of rotatable bonds is 4. The molecular weight excluding hydrogens is 474 g/mol. The highest BCUT2D eigenvalue weighted by atomic mass is 16.4. The zero-order chi connectivity index (χ0) is 25.5. The smallest absolute Gasteiger partial charge is 0.297 e. The number of oxazole rings is 1. The maximum atomic E-state index is 13.3. The Morgan fingerprint density at radius 2 is 1.97 bits per heavy atom. The summed E-state index contributed by atoms with van der Waals surface area (Å²) in [7, 11) is 0. The summed E-state index contributed by atoms with van der Waals surface area (Å²) in [5, 5.41) is 17.8. The van der Waals surface area contributed by atoms with Gasteiger partial charge >= 0.3 is 0 Å². The summed E-state index contributed by atoms with van der Waals surface area (Å²) in [6.07, 6.45) is 4.82. The van der Waals surface area contributed by atoms with Gasteiger partial charge < -0.3 is 14.2 Å². The molecular formula is C25H21N9O3. The van der Waals surface area contributed by atoms with Crippen molar-refractivity contribution in [1.82, 2.24) is 34.3 Å². The maximum Gasteiger partial charge on any atom is 0.297 e. The summed E-state index contributed by atoms with van der Waals surface area (Å²) in [5.74, 6) is 0.669. The van der Waals surface area contributed by atoms with Gasteiger partial charge in [-0.1, -0.05) is 12.1 Å². The standard InChI is InChI=1S/C25H21N9O3/c1-16-19(14-28-34(16)24-29-22(35)20-6-3-7-33(20)30-24)23(36)31-8-10-32(11-9-31)25-27-15-21(37-25)18-5-2-4-17(12-18)13-26/h2-7,12,14-15H,8-11H2,1H3,(H,29,30,35). The van der Waals surface area contributed by atoms with Crippen molar-refractivity contribution >= 4 is 17.4 Å². The average molecular weight is 496 g/mol. The van der Waals surface area contributed by atoms with E-state index in [2.05, 4.69) is 26.2 Å². The second-order valence-electron chi connectivity index (χ2n) is 8.65. The molecule has 4 aromatic heterocycles. The predicted molar refractivity (Wildman–Crippen MR) is 132 cm³/mol. The third-order valence-electron chi connectivity index (χ3n) is 6.44. The summed E-state index contributed by atoms with van der Waals surface area (Å²) < 4.78 is 8.88. The van der Waals surface area contributed by atoms with Gasteiger partial charge in [-0.2, -0.15) is 10.4 Å². The van der Waals surface area contributed by atoms with E-state index in [1.807, 2.05) is 11.0 Å². The number of hydrogen-bond acceptors (Lipinski definition) is 8. The van der Waals surface area contributed by atoms with Gasteiger partial charge in [0.1, 0.15) is 5.52 Å². The first-order chi connectivity index (χ1) is 18.0. The van der Waals surface area contributed by atoms with E-state index in [-0.39, 0.29) is 17.4 Å². The van der Waals surface area contributed by atoms with Crippen LogP contribution in [0, 0.1) is 18.3 Å². The highest BCUT2D eigenvalue weighted by molar-refractivity contribution is 5.95. The normalized spacial score (nSPS) is 13.7. The predicted octanol–water partition coefficient (Wildman–Crippen LogP) is 2.01. The molecule has 1 saturated heterocycles. The molecule has 37 heavy (non-hydrogen) atoms. The van der Waals surface area contributed by atoms with E-state index in [4.69, 9.17) is 9.68 Å². The number of fused-ring (bicyclic) bond motifs is 1. The van der Waals surface area contributed by atoms with Crippen LogP contribution in [0.1, 0.15) is 21.6 Å². The summed E-state index contributed by atoms with van der Waals surface area (Å²) in [6, 6.07) is 13.2. The van der Waals surface area contributed by atoms with E-state index in [1.54, 1.807) is 54.5 Å². The van der Waals surface area contributed by atoms with Crippen molar-refractivity contribution in [2.24, 2.45) is 0 Å². The Labute approximate surface area is 210 Å². The third-order valence-corrected chi connectivity index (χ3v) is 6.44. The summed E-state index contributed by atoms with van der Waals surface area (Å²) >= 11 is 0. The number of carbonyl (C=O) groups is 1. The van der Waals surface area contributed by atoms with Crippen LogP contribution in [0.4, 0.5) is 6.01 Å². The molecule has 1 fully saturated rings. The van der Waals surface area contributed by atoms with Crippen LogP contribution >= 0.6 is 0 Å². The van der Waals surface area contributed by atoms with Gasteiger partial charge in [-0.15, -0.1) is 5.10 Å². The van der Waals surface area contributed by atoms with E-state index < -0.39 is 0 Å². The van der Waals surface area contributed by atoms with Gasteiger partial charge in [0.25, 0.3) is 17.5 Å². The van der Waals surface area contributed by atoms with E-state index in [9.17, 15) is 9.59 Å². The minimum absolute atomic E-state index is 0.144. The van der Waals surface area contributed by atoms with Crippen LogP contribution < -0.4 is 10.5 Å². The fourth-order valence-electron chi connectivity index (χ4n) is 4.42. The van der Waals surface area contributed by atoms with Gasteiger partial charge in [-0.05, 0) is 31.2 Å². The second kappa shape index (κ2) is 8.80. The summed E-state index contributed by atoms with van der Waals surface area (Å²) in [6.45, 7) is 3.84. The Bertz CT molecular complexity index is 1730. The van der Waals surface area contributed by atoms with Crippen LogP contribution in [-0.4, -0.2) is 66.3 Å². The molecule has 0 spiro atoms. The number of nitriles is 1. The van der Waals surface area contributed by atoms with Gasteiger partial charge in [-0.3, -0.25) is 14.6 Å². The summed E-state index contributed by atoms with van der Waals surface area (Å²) in [5.41, 5.74) is 2.50. The number of H-pyrrole nitrogens is 1. The van der Waals surface area contributed by atoms with Gasteiger partial charge in [0.2, 0.25) is 5.95 Å². The summed E-state index contributed by atoms with van der Waals surface area (Å²) in [4.78, 5) is 36.5. The van der Waals surface area contributed by atoms with Crippen molar-refractivity contribution in [3.05, 3.63) is 82.2 Å². The Morgan fingerprint density at radius 3 is 2.78 bits per heavy atom. The molecule has 5 heterocycles. The zero-order valence-corrected chi connectivity index (χ0v) is 19.8. The lowest BCUT2D eigenvalue weighted by Crippen LogP contribution is -2.49. The maximum absolute atomic E-state index is 13.3. The van der Waals surface area contributed by atoms with E-state index >= 15 is 0 Å². The minimum atomic E-state index is -0.290. The number of anilines is 1. The molecule has 0 atom stereocenters. The fraction of sp³-hybridized carbons (Fsp3) is 0.200. The highest BCUT2D eigenvalue weighted by Gasteiger charge is 2.27. The Kier molecular flexibility index (Phi) is 5.30. The van der Waals surface area contributed by atoms with Crippen molar-refractivity contribution in [2.75, 3.05) is 31.1 Å². The first-order valence-electron chi connectivity index (χ1n) is 11.6. The number of aromatic nitrogens is 6. The van der Waals surface area contributed by atoms with Crippen LogP contribution in [0.25, 0.3) is 22.8 Å². The van der Waals surface area contributed by atoms with Crippen LogP contribution in [0.5, 0.6) is 0 Å². The van der Waals surface area contributed by atoms with Crippen LogP contribution in [0.3, 0.4) is 0 Å². The monoisotopic (exact) mass is 495 g/mol. The first kappa shape index (κ1) is 22.3. The molecule has 0 saturated carbocycles. The molecule has 1 aliphatic heterocycles. The van der Waals surface area contributed by atoms with Crippen molar-refractivity contribution in [2.45, 2.75) is 6.92 Å². The molecule has 0 aliphatic carbocycles. The van der Waals surface area contributed by atoms with Crippen LogP contribution in [0.2, 0.25) is 0 Å². The third kappa shape index (κ3) is 3.92. The molecule has 6 rings (SSSR count). The number of amides is 1. The van der Waals surface area contributed by atoms with Crippen molar-refractivity contribution in [3.8, 4) is 23.3 Å². The molecule has 5 aromatic rings. The van der Waals surface area contributed by atoms with Crippen LogP contribution in [0.15, 0.2) is 64.2 Å². The molecule has 1 aromatic carbocycles. The number of benzene rings is 1. The highest BCUT2D eigenvalue weighted by Crippen LogP contribution is 2.26. The molecule has 0 radical (unpaired) electrons. The lowest BCUT2D eigenvalue weighted by Gasteiger charge is -2.33. The molecule has 1 N–H and O–H groups in total. The molecule has 1 aliphatic rings. The number of carbonyl (C=O) groups excluding carboxylic acids is 1. The molecule has 184 valence electrons. The lowest BCUT2D eigenvalue weighted by atomic mass is 10.1. The second-order valence-corrected chi connectivity index (χ2v) is 8.65. The Balaban J connectivity index is 1.15. The van der Waals surface area contributed by atoms with E-state index in [1.165, 1.54) is 15.4 Å². The minimum Gasteiger partial charge on any atom is -0.423 e. The van der Waals surface area contributed by atoms with Gasteiger partial charge in [0.15, 0.2) is 5.76 Å². The van der Waals surface area contributed by atoms with Crippen LogP contribution in [-0.2, 0) is 0 Å². The Morgan fingerprint density at radius 1 is 1.14 bits per heavy atom. The lowest BCUT2D eigenvalue weighted by molar-refractivity contribution is 0.0744. The number of aromatic amines is 1. The molecule has 0 unspecified atom stereocenters. The van der Waals surface area contributed by atoms with Crippen molar-refractivity contribution < 1.29 is 9.21 Å². The fourth-order valence-corrected chi connectivity index (χ4v) is 4.42. The number of hydrogen-bond donors (Lipinski definition) is 1. The van der Waals surface area contributed by atoms with Crippen molar-refractivity contribution in [3.63, 3.8) is 0 Å². The molecule has 1 amide bonds. The van der Waals surface area contributed by atoms with Crippen molar-refractivity contribution in [1.29, 1.82) is 5.26 Å². The quantitative estimate of drug-likeness (QED) is 0.399. The van der Waals surface area contributed by atoms with E-state index in [0.29, 0.717) is 60.3 Å².